The van der Waals surface area contributed by atoms with Crippen LogP contribution >= 0.6 is 0 Å². The third-order valence-electron chi connectivity index (χ3n) is 1.79. The molecule has 0 atom stereocenters. The van der Waals surface area contributed by atoms with Gasteiger partial charge in [-0.3, -0.25) is 0 Å². The normalized spacial score (nSPS) is 8.70. The molecule has 1 heteroatoms. The van der Waals surface area contributed by atoms with Crippen LogP contribution in [-0.4, -0.2) is 0 Å². The van der Waals surface area contributed by atoms with E-state index in [9.17, 15) is 0 Å². The van der Waals surface area contributed by atoms with Crippen molar-refractivity contribution in [3.05, 3.63) is 34.9 Å². The summed E-state index contributed by atoms with van der Waals surface area (Å²) in [6.45, 7) is 6.33. The number of hydrogen-bond acceptors (Lipinski definition) is 0. The van der Waals surface area contributed by atoms with E-state index in [2.05, 4.69) is 32.9 Å². The Hall–Kier alpha value is 0.220. The van der Waals surface area contributed by atoms with Gasteiger partial charge in [-0.15, -0.1) is 0 Å². The first-order valence-electron chi connectivity index (χ1n) is 3.16. The summed E-state index contributed by atoms with van der Waals surface area (Å²) >= 11 is 0. The zero-order chi connectivity index (χ0) is 6.85. The molecule has 0 aliphatic heterocycles. The molecular weight excluding hydrogens is 131 g/mol. The SMILES string of the molecule is Cc1[c-]ccc(C)c1C.[Na+]. The van der Waals surface area contributed by atoms with Crippen LogP contribution in [0.4, 0.5) is 0 Å². The second-order valence-electron chi connectivity index (χ2n) is 2.41. The van der Waals surface area contributed by atoms with E-state index in [1.54, 1.807) is 0 Å². The van der Waals surface area contributed by atoms with Crippen molar-refractivity contribution in [1.82, 2.24) is 0 Å². The van der Waals surface area contributed by atoms with E-state index in [4.69, 9.17) is 0 Å². The molecule has 1 rings (SSSR count). The Morgan fingerprint density at radius 2 is 1.80 bits per heavy atom. The third kappa shape index (κ3) is 2.12. The Balaban J connectivity index is 0.000000810. The van der Waals surface area contributed by atoms with Gasteiger partial charge in [-0.1, -0.05) is 20.8 Å². The van der Waals surface area contributed by atoms with Gasteiger partial charge in [0.25, 0.3) is 0 Å². The molecule has 0 saturated heterocycles. The van der Waals surface area contributed by atoms with Crippen molar-refractivity contribution in [1.29, 1.82) is 0 Å². The summed E-state index contributed by atoms with van der Waals surface area (Å²) in [5.74, 6) is 0. The molecule has 0 aliphatic carbocycles. The molecule has 0 aliphatic rings. The van der Waals surface area contributed by atoms with Crippen molar-refractivity contribution in [2.24, 2.45) is 0 Å². The fourth-order valence-electron chi connectivity index (χ4n) is 0.821. The average molecular weight is 142 g/mol. The van der Waals surface area contributed by atoms with E-state index in [0.717, 1.165) is 0 Å². The van der Waals surface area contributed by atoms with E-state index < -0.39 is 0 Å². The monoisotopic (exact) mass is 142 g/mol. The molecule has 0 heterocycles. The van der Waals surface area contributed by atoms with Gasteiger partial charge in [0, 0.05) is 0 Å². The maximum Gasteiger partial charge on any atom is 1.00 e. The summed E-state index contributed by atoms with van der Waals surface area (Å²) in [6.07, 6.45) is 0. The molecule has 0 aromatic heterocycles. The maximum absolute atomic E-state index is 3.14. The quantitative estimate of drug-likeness (QED) is 0.336. The molecule has 48 valence electrons. The minimum atomic E-state index is 0. The second kappa shape index (κ2) is 4.17. The van der Waals surface area contributed by atoms with Crippen LogP contribution in [0.25, 0.3) is 0 Å². The molecule has 0 unspecified atom stereocenters. The molecule has 1 aromatic rings. The topological polar surface area (TPSA) is 0 Å². The van der Waals surface area contributed by atoms with Crippen LogP contribution in [0.5, 0.6) is 0 Å². The first kappa shape index (κ1) is 10.2. The second-order valence-corrected chi connectivity index (χ2v) is 2.41. The minimum Gasteiger partial charge on any atom is -0.180 e. The summed E-state index contributed by atoms with van der Waals surface area (Å²) < 4.78 is 0. The van der Waals surface area contributed by atoms with E-state index in [1.807, 2.05) is 6.07 Å². The number of aryl methyl sites for hydroxylation is 2. The van der Waals surface area contributed by atoms with E-state index in [0.29, 0.717) is 0 Å². The molecule has 0 saturated carbocycles. The third-order valence-corrected chi connectivity index (χ3v) is 1.79. The molecule has 0 N–H and O–H groups in total. The average Bonchev–Trinajstić information content (AvgIpc) is 1.83. The van der Waals surface area contributed by atoms with E-state index in [1.165, 1.54) is 16.7 Å². The van der Waals surface area contributed by atoms with Crippen molar-refractivity contribution in [3.63, 3.8) is 0 Å². The van der Waals surface area contributed by atoms with Gasteiger partial charge in [-0.25, -0.2) is 0 Å². The number of rotatable bonds is 0. The van der Waals surface area contributed by atoms with Crippen molar-refractivity contribution in [2.75, 3.05) is 0 Å². The van der Waals surface area contributed by atoms with Crippen LogP contribution in [0, 0.1) is 26.8 Å². The van der Waals surface area contributed by atoms with Crippen molar-refractivity contribution >= 4 is 0 Å². The molecule has 0 bridgehead atoms. The van der Waals surface area contributed by atoms with E-state index in [-0.39, 0.29) is 29.6 Å². The zero-order valence-electron chi connectivity index (χ0n) is 7.15. The summed E-state index contributed by atoms with van der Waals surface area (Å²) in [4.78, 5) is 0. The van der Waals surface area contributed by atoms with Crippen molar-refractivity contribution in [2.45, 2.75) is 20.8 Å². The predicted molar refractivity (Wildman–Crippen MR) is 39.5 cm³/mol. The number of hydrogen-bond donors (Lipinski definition) is 0. The molecule has 0 nitrogen and oxygen atoms in total. The number of benzene rings is 1. The van der Waals surface area contributed by atoms with Gasteiger partial charge in [0.2, 0.25) is 0 Å². The fourth-order valence-corrected chi connectivity index (χ4v) is 0.821. The summed E-state index contributed by atoms with van der Waals surface area (Å²) in [7, 11) is 0. The largest absolute Gasteiger partial charge is 1.00 e. The van der Waals surface area contributed by atoms with Crippen LogP contribution in [0.3, 0.4) is 0 Å². The Morgan fingerprint density at radius 3 is 2.20 bits per heavy atom. The molecule has 1 aromatic carbocycles. The van der Waals surface area contributed by atoms with Gasteiger partial charge in [-0.05, 0) is 0 Å². The van der Waals surface area contributed by atoms with E-state index >= 15 is 0 Å². The van der Waals surface area contributed by atoms with Gasteiger partial charge in [0.05, 0.1) is 0 Å². The first-order chi connectivity index (χ1) is 4.22. The Labute approximate surface area is 84.9 Å². The van der Waals surface area contributed by atoms with Crippen LogP contribution in [-0.2, 0) is 0 Å². The van der Waals surface area contributed by atoms with Crippen LogP contribution in [0.1, 0.15) is 16.7 Å². The summed E-state index contributed by atoms with van der Waals surface area (Å²) in [5.41, 5.74) is 3.97. The van der Waals surface area contributed by atoms with Gasteiger partial charge in [0.1, 0.15) is 0 Å². The maximum atomic E-state index is 3.14. The summed E-state index contributed by atoms with van der Waals surface area (Å²) in [5, 5.41) is 0. The van der Waals surface area contributed by atoms with Crippen LogP contribution < -0.4 is 29.6 Å². The smallest absolute Gasteiger partial charge is 0.180 e. The molecule has 0 amide bonds. The van der Waals surface area contributed by atoms with Crippen molar-refractivity contribution < 1.29 is 29.6 Å². The Kier molecular flexibility index (Phi) is 4.26. The van der Waals surface area contributed by atoms with Gasteiger partial charge in [-0.2, -0.15) is 34.9 Å². The zero-order valence-corrected chi connectivity index (χ0v) is 9.15. The molecule has 10 heavy (non-hydrogen) atoms. The molecule has 0 radical (unpaired) electrons. The van der Waals surface area contributed by atoms with Gasteiger partial charge in [0.15, 0.2) is 0 Å². The summed E-state index contributed by atoms with van der Waals surface area (Å²) in [6, 6.07) is 7.20. The molecule has 0 fully saturated rings. The first-order valence-corrected chi connectivity index (χ1v) is 3.16. The fraction of sp³-hybridized carbons (Fsp3) is 0.333. The Bertz CT molecular complexity index is 196. The van der Waals surface area contributed by atoms with Gasteiger partial charge < -0.3 is 0 Å². The van der Waals surface area contributed by atoms with Crippen LogP contribution in [0.15, 0.2) is 12.1 Å². The van der Waals surface area contributed by atoms with Crippen LogP contribution in [0.2, 0.25) is 0 Å². The minimum absolute atomic E-state index is 0. The molecule has 0 spiro atoms. The Morgan fingerprint density at radius 1 is 1.20 bits per heavy atom. The van der Waals surface area contributed by atoms with Gasteiger partial charge >= 0.3 is 29.6 Å². The predicted octanol–water partition coefficient (Wildman–Crippen LogP) is -0.584. The standard InChI is InChI=1S/C9H11.Na/c1-7-5-4-6-8(2)9(7)3;/h4-5H,1-3H3;/q-1;+1. The molecular formula is C9H11Na. The van der Waals surface area contributed by atoms with Crippen molar-refractivity contribution in [3.8, 4) is 0 Å².